The van der Waals surface area contributed by atoms with E-state index < -0.39 is 6.04 Å². The Morgan fingerprint density at radius 1 is 1.21 bits per heavy atom. The molecule has 1 aliphatic heterocycles. The Morgan fingerprint density at radius 3 is 2.46 bits per heavy atom. The number of piperazine rings is 1. The minimum absolute atomic E-state index is 0.0643. The summed E-state index contributed by atoms with van der Waals surface area (Å²) in [4.78, 5) is 16.8. The highest BCUT2D eigenvalue weighted by molar-refractivity contribution is 7.98. The van der Waals surface area contributed by atoms with Gasteiger partial charge in [-0.3, -0.25) is 9.69 Å². The summed E-state index contributed by atoms with van der Waals surface area (Å²) in [7, 11) is 2.17. The Kier molecular flexibility index (Phi) is 8.05. The van der Waals surface area contributed by atoms with Crippen molar-refractivity contribution in [2.24, 2.45) is 5.73 Å². The van der Waals surface area contributed by atoms with Gasteiger partial charge in [-0.25, -0.2) is 0 Å². The van der Waals surface area contributed by atoms with Gasteiger partial charge < -0.3 is 16.0 Å². The van der Waals surface area contributed by atoms with Gasteiger partial charge in [0.15, 0.2) is 0 Å². The Bertz CT molecular complexity index is 500. The number of nitrogens with one attached hydrogen (secondary N) is 1. The largest absolute Gasteiger partial charge is 0.351 e. The van der Waals surface area contributed by atoms with Crippen molar-refractivity contribution in [1.29, 1.82) is 0 Å². The molecule has 134 valence electrons. The smallest absolute Gasteiger partial charge is 0.237 e. The molecule has 0 spiro atoms. The maximum absolute atomic E-state index is 11.9. The fourth-order valence-corrected chi connectivity index (χ4v) is 3.21. The van der Waals surface area contributed by atoms with Crippen molar-refractivity contribution in [1.82, 2.24) is 15.1 Å². The molecule has 2 rings (SSSR count). The molecular weight excluding hydrogens is 320 g/mol. The Balaban J connectivity index is 1.74. The fraction of sp³-hybridized carbons (Fsp3) is 0.611. The lowest BCUT2D eigenvalue weighted by Gasteiger charge is -2.32. The van der Waals surface area contributed by atoms with E-state index in [-0.39, 0.29) is 5.91 Å². The first kappa shape index (κ1) is 19.2. The van der Waals surface area contributed by atoms with E-state index in [1.54, 1.807) is 11.8 Å². The van der Waals surface area contributed by atoms with Gasteiger partial charge in [-0.2, -0.15) is 11.8 Å². The number of rotatable bonds is 8. The highest BCUT2D eigenvalue weighted by Gasteiger charge is 2.14. The molecule has 0 bridgehead atoms. The number of carbonyl (C=O) groups is 1. The quantitative estimate of drug-likeness (QED) is 0.736. The fourth-order valence-electron chi connectivity index (χ4n) is 2.72. The number of likely N-dealkylation sites (N-methyl/N-ethyl adjacent to an activating group) is 1. The highest BCUT2D eigenvalue weighted by Crippen LogP contribution is 2.10. The molecule has 6 heteroatoms. The second-order valence-electron chi connectivity index (χ2n) is 6.50. The monoisotopic (exact) mass is 350 g/mol. The minimum atomic E-state index is -0.408. The average Bonchev–Trinajstić information content (AvgIpc) is 2.60. The number of hydrogen-bond donors (Lipinski definition) is 2. The zero-order chi connectivity index (χ0) is 17.4. The second kappa shape index (κ2) is 10.0. The van der Waals surface area contributed by atoms with Crippen LogP contribution in [0, 0.1) is 0 Å². The van der Waals surface area contributed by atoms with Crippen LogP contribution in [0.3, 0.4) is 0 Å². The Morgan fingerprint density at radius 2 is 1.83 bits per heavy atom. The summed E-state index contributed by atoms with van der Waals surface area (Å²) < 4.78 is 0. The molecule has 1 heterocycles. The summed E-state index contributed by atoms with van der Waals surface area (Å²) in [5, 5.41) is 2.92. The number of hydrogen-bond acceptors (Lipinski definition) is 5. The van der Waals surface area contributed by atoms with E-state index in [1.165, 1.54) is 5.56 Å². The zero-order valence-electron chi connectivity index (χ0n) is 14.8. The van der Waals surface area contributed by atoms with Gasteiger partial charge in [0, 0.05) is 39.3 Å². The van der Waals surface area contributed by atoms with Crippen molar-refractivity contribution in [2.45, 2.75) is 25.6 Å². The van der Waals surface area contributed by atoms with E-state index in [0.29, 0.717) is 6.54 Å². The first-order valence-corrected chi connectivity index (χ1v) is 9.99. The lowest BCUT2D eigenvalue weighted by Crippen LogP contribution is -2.43. The molecule has 3 N–H and O–H groups in total. The number of nitrogens with two attached hydrogens (primary N) is 1. The van der Waals surface area contributed by atoms with Gasteiger partial charge in [-0.1, -0.05) is 24.3 Å². The van der Waals surface area contributed by atoms with Gasteiger partial charge in [-0.15, -0.1) is 0 Å². The van der Waals surface area contributed by atoms with Crippen LogP contribution in [0.15, 0.2) is 24.3 Å². The molecule has 5 nitrogen and oxygen atoms in total. The third kappa shape index (κ3) is 6.43. The molecule has 0 saturated carbocycles. The third-order valence-electron chi connectivity index (χ3n) is 4.46. The van der Waals surface area contributed by atoms with Crippen LogP contribution in [0.5, 0.6) is 0 Å². The summed E-state index contributed by atoms with van der Waals surface area (Å²) in [6, 6.07) is 8.10. The summed E-state index contributed by atoms with van der Waals surface area (Å²) in [5.41, 5.74) is 8.31. The van der Waals surface area contributed by atoms with E-state index in [0.717, 1.165) is 50.5 Å². The number of nitrogens with zero attached hydrogens (tertiary/aromatic N) is 2. The lowest BCUT2D eigenvalue weighted by molar-refractivity contribution is -0.122. The first-order chi connectivity index (χ1) is 11.6. The predicted octanol–water partition coefficient (Wildman–Crippen LogP) is 1.13. The number of carbonyl (C=O) groups excluding carboxylic acids is 1. The summed E-state index contributed by atoms with van der Waals surface area (Å²) in [6.07, 6.45) is 2.74. The van der Waals surface area contributed by atoms with Gasteiger partial charge in [0.25, 0.3) is 0 Å². The molecule has 24 heavy (non-hydrogen) atoms. The van der Waals surface area contributed by atoms with E-state index in [2.05, 4.69) is 46.4 Å². The summed E-state index contributed by atoms with van der Waals surface area (Å²) in [6.45, 7) is 6.08. The second-order valence-corrected chi connectivity index (χ2v) is 7.49. The van der Waals surface area contributed by atoms with Crippen LogP contribution in [0.25, 0.3) is 0 Å². The van der Waals surface area contributed by atoms with Crippen LogP contribution in [-0.4, -0.2) is 67.0 Å². The van der Waals surface area contributed by atoms with E-state index in [9.17, 15) is 4.79 Å². The van der Waals surface area contributed by atoms with Gasteiger partial charge in [0.2, 0.25) is 5.91 Å². The Hall–Kier alpha value is -1.08. The van der Waals surface area contributed by atoms with Gasteiger partial charge in [0.1, 0.15) is 0 Å². The molecule has 1 aromatic carbocycles. The normalized spacial score (nSPS) is 17.6. The van der Waals surface area contributed by atoms with Crippen LogP contribution in [0.4, 0.5) is 0 Å². The van der Waals surface area contributed by atoms with Crippen molar-refractivity contribution in [2.75, 3.05) is 45.2 Å². The van der Waals surface area contributed by atoms with Crippen molar-refractivity contribution < 1.29 is 4.79 Å². The maximum Gasteiger partial charge on any atom is 0.237 e. The molecule has 0 aliphatic carbocycles. The third-order valence-corrected chi connectivity index (χ3v) is 5.11. The minimum Gasteiger partial charge on any atom is -0.351 e. The van der Waals surface area contributed by atoms with Crippen molar-refractivity contribution >= 4 is 17.7 Å². The van der Waals surface area contributed by atoms with Crippen molar-refractivity contribution in [3.05, 3.63) is 35.4 Å². The molecule has 1 atom stereocenters. The highest BCUT2D eigenvalue weighted by atomic mass is 32.2. The lowest BCUT2D eigenvalue weighted by atomic mass is 10.1. The first-order valence-electron chi connectivity index (χ1n) is 8.59. The van der Waals surface area contributed by atoms with E-state index >= 15 is 0 Å². The van der Waals surface area contributed by atoms with Gasteiger partial charge in [-0.05, 0) is 36.6 Å². The molecule has 1 aliphatic rings. The SMILES string of the molecule is CSCC[C@H](N)C(=O)NCc1ccc(CN2CCN(C)CC2)cc1. The van der Waals surface area contributed by atoms with Crippen LogP contribution in [-0.2, 0) is 17.9 Å². The van der Waals surface area contributed by atoms with Crippen molar-refractivity contribution in [3.63, 3.8) is 0 Å². The van der Waals surface area contributed by atoms with Crippen LogP contribution in [0.2, 0.25) is 0 Å². The van der Waals surface area contributed by atoms with E-state index in [1.807, 2.05) is 6.26 Å². The Labute approximate surface area is 149 Å². The summed E-state index contributed by atoms with van der Waals surface area (Å²) in [5.74, 6) is 0.848. The standard InChI is InChI=1S/C18H30N4OS/c1-21-8-10-22(11-9-21)14-16-5-3-15(4-6-16)13-20-18(23)17(19)7-12-24-2/h3-6,17H,7-14,19H2,1-2H3,(H,20,23)/t17-/m0/s1. The number of benzene rings is 1. The van der Waals surface area contributed by atoms with Crippen molar-refractivity contribution in [3.8, 4) is 0 Å². The zero-order valence-corrected chi connectivity index (χ0v) is 15.6. The molecule has 0 radical (unpaired) electrons. The predicted molar refractivity (Wildman–Crippen MR) is 102 cm³/mol. The van der Waals surface area contributed by atoms with Crippen LogP contribution >= 0.6 is 11.8 Å². The van der Waals surface area contributed by atoms with Crippen LogP contribution < -0.4 is 11.1 Å². The number of thioether (sulfide) groups is 1. The molecule has 1 aromatic rings. The molecule has 1 fully saturated rings. The maximum atomic E-state index is 11.9. The van der Waals surface area contributed by atoms with Gasteiger partial charge in [0.05, 0.1) is 6.04 Å². The molecular formula is C18H30N4OS. The van der Waals surface area contributed by atoms with Gasteiger partial charge >= 0.3 is 0 Å². The molecule has 0 aromatic heterocycles. The average molecular weight is 351 g/mol. The number of amides is 1. The molecule has 0 unspecified atom stereocenters. The summed E-state index contributed by atoms with van der Waals surface area (Å²) >= 11 is 1.71. The molecule has 1 amide bonds. The van der Waals surface area contributed by atoms with Crippen LogP contribution in [0.1, 0.15) is 17.5 Å². The molecule has 1 saturated heterocycles. The topological polar surface area (TPSA) is 61.6 Å². The van der Waals surface area contributed by atoms with E-state index in [4.69, 9.17) is 5.73 Å².